The lowest BCUT2D eigenvalue weighted by Gasteiger charge is -2.58. The fraction of sp³-hybridized carbons (Fsp3) is 0.607. The van der Waals surface area contributed by atoms with Crippen LogP contribution >= 0.6 is 11.3 Å². The Morgan fingerprint density at radius 3 is 2.66 bits per heavy atom. The largest absolute Gasteiger partial charge is 0.396 e. The second-order valence-corrected chi connectivity index (χ2v) is 12.4. The Balaban J connectivity index is 1.42. The van der Waals surface area contributed by atoms with Gasteiger partial charge in [0, 0.05) is 42.3 Å². The number of thiazole rings is 1. The van der Waals surface area contributed by atoms with Gasteiger partial charge in [-0.3, -0.25) is 10.1 Å². The van der Waals surface area contributed by atoms with Crippen LogP contribution in [0.25, 0.3) is 0 Å². The van der Waals surface area contributed by atoms with Gasteiger partial charge in [0.05, 0.1) is 31.6 Å². The first-order chi connectivity index (χ1) is 18.2. The van der Waals surface area contributed by atoms with Crippen molar-refractivity contribution in [3.63, 3.8) is 0 Å². The number of nitrogens with zero attached hydrogens (tertiary/aromatic N) is 2. The van der Waals surface area contributed by atoms with E-state index in [1.54, 1.807) is 4.90 Å². The third-order valence-electron chi connectivity index (χ3n) is 9.13. The van der Waals surface area contributed by atoms with Gasteiger partial charge in [0.2, 0.25) is 5.91 Å². The van der Waals surface area contributed by atoms with Crippen LogP contribution in [-0.4, -0.2) is 71.0 Å². The van der Waals surface area contributed by atoms with E-state index in [-0.39, 0.29) is 42.2 Å². The number of rotatable bonds is 6. The van der Waals surface area contributed by atoms with Crippen molar-refractivity contribution in [1.82, 2.24) is 15.2 Å². The van der Waals surface area contributed by atoms with Gasteiger partial charge >= 0.3 is 6.03 Å². The third kappa shape index (κ3) is 5.06. The molecule has 10 heteroatoms. The van der Waals surface area contributed by atoms with Gasteiger partial charge < -0.3 is 25.2 Å². The third-order valence-corrected chi connectivity index (χ3v) is 10.1. The summed E-state index contributed by atoms with van der Waals surface area (Å²) in [7, 11) is 0. The quantitative estimate of drug-likeness (QED) is 0.445. The second kappa shape index (κ2) is 10.9. The van der Waals surface area contributed by atoms with Crippen molar-refractivity contribution >= 4 is 28.4 Å². The maximum Gasteiger partial charge on any atom is 0.323 e. The zero-order valence-electron chi connectivity index (χ0n) is 22.1. The Morgan fingerprint density at radius 1 is 1.21 bits per heavy atom. The van der Waals surface area contributed by atoms with Gasteiger partial charge in [-0.2, -0.15) is 0 Å². The van der Waals surface area contributed by atoms with Crippen LogP contribution in [0, 0.1) is 16.7 Å². The highest BCUT2D eigenvalue weighted by Gasteiger charge is 2.59. The molecule has 1 aromatic heterocycles. The Bertz CT molecular complexity index is 1150. The predicted molar refractivity (Wildman–Crippen MR) is 145 cm³/mol. The first kappa shape index (κ1) is 27.1. The van der Waals surface area contributed by atoms with Crippen molar-refractivity contribution in [3.8, 4) is 0 Å². The fourth-order valence-corrected chi connectivity index (χ4v) is 7.75. The number of amides is 3. The van der Waals surface area contributed by atoms with E-state index >= 15 is 0 Å². The first-order valence-electron chi connectivity index (χ1n) is 13.5. The van der Waals surface area contributed by atoms with E-state index in [1.165, 1.54) is 11.3 Å². The number of aromatic nitrogens is 1. The highest BCUT2D eigenvalue weighted by Crippen LogP contribution is 2.62. The molecule has 3 amide bonds. The van der Waals surface area contributed by atoms with Gasteiger partial charge in [-0.25, -0.2) is 9.78 Å². The SMILES string of the molecule is C[C@]1(CO)[C@H]2Cc3sc(NC(=O)N4CCOCC4)nc3[C@@H](CC(=O)NCc3ccccc3)[C@]2(C)CC[C@H]1O. The lowest BCUT2D eigenvalue weighted by atomic mass is 9.47. The summed E-state index contributed by atoms with van der Waals surface area (Å²) in [6.07, 6.45) is 1.58. The van der Waals surface area contributed by atoms with E-state index in [2.05, 4.69) is 17.6 Å². The number of ether oxygens (including phenoxy) is 1. The molecular weight excluding hydrogens is 504 g/mol. The maximum absolute atomic E-state index is 13.3. The van der Waals surface area contributed by atoms with Crippen LogP contribution < -0.4 is 10.6 Å². The molecule has 0 unspecified atom stereocenters. The maximum atomic E-state index is 13.3. The molecule has 1 aromatic carbocycles. The average molecular weight is 543 g/mol. The molecule has 2 fully saturated rings. The number of fused-ring (bicyclic) bond motifs is 2. The number of nitrogens with one attached hydrogen (secondary N) is 2. The number of anilines is 1. The smallest absolute Gasteiger partial charge is 0.323 e. The molecule has 3 aliphatic rings. The number of urea groups is 1. The van der Waals surface area contributed by atoms with Gasteiger partial charge in [0.15, 0.2) is 5.13 Å². The number of hydrogen-bond acceptors (Lipinski definition) is 7. The molecule has 206 valence electrons. The van der Waals surface area contributed by atoms with Gasteiger partial charge in [-0.15, -0.1) is 11.3 Å². The highest BCUT2D eigenvalue weighted by atomic mass is 32.1. The van der Waals surface area contributed by atoms with E-state index in [0.717, 1.165) is 22.6 Å². The van der Waals surface area contributed by atoms with Crippen molar-refractivity contribution in [2.75, 3.05) is 38.2 Å². The van der Waals surface area contributed by atoms with Crippen molar-refractivity contribution in [2.45, 2.75) is 58.1 Å². The fourth-order valence-electron chi connectivity index (χ4n) is 6.69. The van der Waals surface area contributed by atoms with E-state index in [9.17, 15) is 19.8 Å². The Morgan fingerprint density at radius 2 is 1.95 bits per heavy atom. The molecular formula is C28H38N4O5S. The Kier molecular flexibility index (Phi) is 7.77. The summed E-state index contributed by atoms with van der Waals surface area (Å²) in [5.41, 5.74) is 0.861. The van der Waals surface area contributed by atoms with Crippen molar-refractivity contribution in [2.24, 2.45) is 16.7 Å². The monoisotopic (exact) mass is 542 g/mol. The summed E-state index contributed by atoms with van der Waals surface area (Å²) in [6, 6.07) is 9.61. The molecule has 2 heterocycles. The Hall–Kier alpha value is -2.53. The number of aliphatic hydroxyl groups is 2. The van der Waals surface area contributed by atoms with Crippen LogP contribution in [0.2, 0.25) is 0 Å². The van der Waals surface area contributed by atoms with E-state index in [1.807, 2.05) is 37.3 Å². The molecule has 5 atom stereocenters. The zero-order chi connectivity index (χ0) is 26.9. The topological polar surface area (TPSA) is 124 Å². The van der Waals surface area contributed by atoms with Crippen LogP contribution in [-0.2, 0) is 22.5 Å². The van der Waals surface area contributed by atoms with Crippen LogP contribution in [0.4, 0.5) is 9.93 Å². The molecule has 4 N–H and O–H groups in total. The highest BCUT2D eigenvalue weighted by molar-refractivity contribution is 7.15. The van der Waals surface area contributed by atoms with E-state index in [0.29, 0.717) is 50.8 Å². The minimum atomic E-state index is -0.690. The van der Waals surface area contributed by atoms with Crippen molar-refractivity contribution < 1.29 is 24.5 Å². The van der Waals surface area contributed by atoms with Crippen molar-refractivity contribution in [1.29, 1.82) is 0 Å². The normalized spacial score (nSPS) is 30.7. The molecule has 1 aliphatic heterocycles. The summed E-state index contributed by atoms with van der Waals surface area (Å²) in [4.78, 5) is 33.8. The van der Waals surface area contributed by atoms with Crippen LogP contribution in [0.1, 0.15) is 55.2 Å². The molecule has 1 saturated heterocycles. The standard InChI is InChI=1S/C28H38N4O5S/c1-27-9-8-22(34)28(2,17-33)21(27)15-20-24(19(27)14-23(35)29-16-18-6-4-3-5-7-18)30-25(38-20)31-26(36)32-10-12-37-13-11-32/h3-7,19,21-22,33-34H,8-17H2,1-2H3,(H,29,35)(H,30,31,36)/t19-,21+,22-,27+,28+/m1/s1. The Labute approximate surface area is 227 Å². The summed E-state index contributed by atoms with van der Waals surface area (Å²) < 4.78 is 5.36. The number of aliphatic hydroxyl groups excluding tert-OH is 2. The number of benzene rings is 1. The van der Waals surface area contributed by atoms with Crippen LogP contribution in [0.5, 0.6) is 0 Å². The molecule has 0 bridgehead atoms. The minimum absolute atomic E-state index is 0.0357. The van der Waals surface area contributed by atoms with Crippen LogP contribution in [0.15, 0.2) is 30.3 Å². The van der Waals surface area contributed by atoms with Crippen molar-refractivity contribution in [3.05, 3.63) is 46.5 Å². The second-order valence-electron chi connectivity index (χ2n) is 11.4. The number of carbonyl (C=O) groups is 2. The molecule has 1 saturated carbocycles. The van der Waals surface area contributed by atoms with E-state index in [4.69, 9.17) is 9.72 Å². The molecule has 0 spiro atoms. The lowest BCUT2D eigenvalue weighted by Crippen LogP contribution is -2.57. The van der Waals surface area contributed by atoms with Gasteiger partial charge in [0.1, 0.15) is 0 Å². The molecule has 0 radical (unpaired) electrons. The summed E-state index contributed by atoms with van der Waals surface area (Å²) in [6.45, 7) is 6.57. The first-order valence-corrected chi connectivity index (χ1v) is 14.3. The lowest BCUT2D eigenvalue weighted by molar-refractivity contribution is -0.144. The molecule has 38 heavy (non-hydrogen) atoms. The van der Waals surface area contributed by atoms with E-state index < -0.39 is 11.5 Å². The summed E-state index contributed by atoms with van der Waals surface area (Å²) in [5.74, 6) is -0.294. The number of morpholine rings is 1. The summed E-state index contributed by atoms with van der Waals surface area (Å²) >= 11 is 1.44. The van der Waals surface area contributed by atoms with Gasteiger partial charge in [-0.05, 0) is 36.2 Å². The number of carbonyl (C=O) groups excluding carboxylic acids is 2. The minimum Gasteiger partial charge on any atom is -0.396 e. The molecule has 9 nitrogen and oxygen atoms in total. The zero-order valence-corrected chi connectivity index (χ0v) is 22.9. The number of hydrogen-bond donors (Lipinski definition) is 4. The predicted octanol–water partition coefficient (Wildman–Crippen LogP) is 3.13. The molecule has 2 aromatic rings. The van der Waals surface area contributed by atoms with Crippen LogP contribution in [0.3, 0.4) is 0 Å². The average Bonchev–Trinajstić information content (AvgIpc) is 3.34. The van der Waals surface area contributed by atoms with Gasteiger partial charge in [0.25, 0.3) is 0 Å². The molecule has 5 rings (SSSR count). The molecule has 2 aliphatic carbocycles. The van der Waals surface area contributed by atoms with Gasteiger partial charge in [-0.1, -0.05) is 44.2 Å². The summed E-state index contributed by atoms with van der Waals surface area (Å²) in [5, 5.41) is 28.0.